The number of nitrogens with zero attached hydrogens (tertiary/aromatic N) is 4. The van der Waals surface area contributed by atoms with Gasteiger partial charge in [0.15, 0.2) is 0 Å². The lowest BCUT2D eigenvalue weighted by molar-refractivity contribution is 0.0733. The van der Waals surface area contributed by atoms with Crippen LogP contribution >= 0.6 is 35.3 Å². The van der Waals surface area contributed by atoms with Gasteiger partial charge in [0.1, 0.15) is 11.9 Å². The maximum absolute atomic E-state index is 13.3. The van der Waals surface area contributed by atoms with Crippen molar-refractivity contribution in [2.45, 2.75) is 25.9 Å². The Labute approximate surface area is 216 Å². The quantitative estimate of drug-likeness (QED) is 0.411. The number of thiophene rings is 1. The molecule has 0 saturated heterocycles. The third-order valence-electron chi connectivity index (χ3n) is 5.88. The number of aromatic nitrogens is 3. The van der Waals surface area contributed by atoms with Crippen LogP contribution in [0.4, 0.5) is 5.95 Å². The van der Waals surface area contributed by atoms with Crippen LogP contribution in [-0.4, -0.2) is 39.2 Å². The Morgan fingerprint density at radius 2 is 2.03 bits per heavy atom. The minimum atomic E-state index is -0.325. The number of carbonyl (C=O) groups excluding carboxylic acids is 1. The van der Waals surface area contributed by atoms with E-state index in [-0.39, 0.29) is 36.5 Å². The number of benzene rings is 1. The number of hydrogen-bond donors (Lipinski definition) is 1. The zero-order valence-electron chi connectivity index (χ0n) is 19.0. The van der Waals surface area contributed by atoms with E-state index in [1.165, 1.54) is 18.4 Å². The van der Waals surface area contributed by atoms with Crippen LogP contribution in [0.15, 0.2) is 53.5 Å². The number of halogens is 2. The fourth-order valence-corrected chi connectivity index (χ4v) is 5.15. The van der Waals surface area contributed by atoms with Crippen LogP contribution in [0, 0.1) is 0 Å². The molecule has 1 amide bonds. The molecule has 0 saturated carbocycles. The van der Waals surface area contributed by atoms with Crippen molar-refractivity contribution in [3.63, 3.8) is 0 Å². The topological polar surface area (TPSA) is 89.4 Å². The first kappa shape index (κ1) is 25.0. The first-order chi connectivity index (χ1) is 16.4. The Kier molecular flexibility index (Phi) is 7.30. The van der Waals surface area contributed by atoms with Crippen LogP contribution in [0.1, 0.15) is 39.5 Å². The molecule has 4 heterocycles. The van der Waals surface area contributed by atoms with Crippen LogP contribution in [0.2, 0.25) is 5.02 Å². The standard InChI is InChI=1S/C24H22ClN5O3S.ClH/c1-14(15-5-7-17(25)8-6-15)27-24-28-19-9-11-29(13-18(19)22(31)30(24)33-2)23(32)20-12-16-4-3-10-26-21(16)34-20;/h3-8,10,12,14H,9,11,13H2,1-2H3,(H,27,28);1H/t14-;/m0./s1. The summed E-state index contributed by atoms with van der Waals surface area (Å²) in [6.07, 6.45) is 2.19. The molecule has 0 radical (unpaired) electrons. The summed E-state index contributed by atoms with van der Waals surface area (Å²) < 4.78 is 1.14. The molecule has 1 aliphatic heterocycles. The third kappa shape index (κ3) is 4.84. The van der Waals surface area contributed by atoms with E-state index < -0.39 is 0 Å². The molecule has 0 aliphatic carbocycles. The molecule has 35 heavy (non-hydrogen) atoms. The van der Waals surface area contributed by atoms with E-state index in [9.17, 15) is 9.59 Å². The second kappa shape index (κ2) is 10.2. The zero-order chi connectivity index (χ0) is 23.8. The van der Waals surface area contributed by atoms with E-state index in [0.717, 1.165) is 20.5 Å². The maximum Gasteiger partial charge on any atom is 0.293 e. The van der Waals surface area contributed by atoms with Crippen molar-refractivity contribution in [2.75, 3.05) is 19.0 Å². The molecule has 3 aromatic heterocycles. The lowest BCUT2D eigenvalue weighted by Crippen LogP contribution is -2.42. The molecule has 0 bridgehead atoms. The number of anilines is 1. The van der Waals surface area contributed by atoms with Crippen LogP contribution in [0.5, 0.6) is 0 Å². The van der Waals surface area contributed by atoms with Gasteiger partial charge in [-0.25, -0.2) is 9.97 Å². The average molecular weight is 532 g/mol. The molecule has 0 fully saturated rings. The highest BCUT2D eigenvalue weighted by atomic mass is 35.5. The van der Waals surface area contributed by atoms with E-state index in [1.807, 2.05) is 49.4 Å². The molecule has 1 aromatic carbocycles. The van der Waals surface area contributed by atoms with Gasteiger partial charge < -0.3 is 15.1 Å². The van der Waals surface area contributed by atoms with E-state index >= 15 is 0 Å². The maximum atomic E-state index is 13.3. The number of carbonyl (C=O) groups is 1. The largest absolute Gasteiger partial charge is 0.411 e. The van der Waals surface area contributed by atoms with Crippen molar-refractivity contribution in [1.82, 2.24) is 19.6 Å². The lowest BCUT2D eigenvalue weighted by Gasteiger charge is -2.28. The number of hydrogen-bond acceptors (Lipinski definition) is 7. The molecule has 1 N–H and O–H groups in total. The molecular weight excluding hydrogens is 509 g/mol. The van der Waals surface area contributed by atoms with Crippen molar-refractivity contribution in [1.29, 1.82) is 0 Å². The molecule has 1 atom stereocenters. The molecule has 11 heteroatoms. The zero-order valence-corrected chi connectivity index (χ0v) is 21.4. The van der Waals surface area contributed by atoms with E-state index in [2.05, 4.69) is 15.3 Å². The SMILES string of the molecule is COn1c(N[C@@H](C)c2ccc(Cl)cc2)nc2c(c1=O)CN(C(=O)c1cc3cccnc3s1)CC2.Cl. The highest BCUT2D eigenvalue weighted by molar-refractivity contribution is 7.20. The summed E-state index contributed by atoms with van der Waals surface area (Å²) >= 11 is 7.35. The van der Waals surface area contributed by atoms with Crippen molar-refractivity contribution in [2.24, 2.45) is 0 Å². The number of amides is 1. The molecular formula is C24H23Cl2N5O3S. The molecule has 8 nitrogen and oxygen atoms in total. The van der Waals surface area contributed by atoms with Gasteiger partial charge in [-0.05, 0) is 36.8 Å². The minimum absolute atomic E-state index is 0. The number of rotatable bonds is 5. The summed E-state index contributed by atoms with van der Waals surface area (Å²) in [5.74, 6) is 0.208. The summed E-state index contributed by atoms with van der Waals surface area (Å²) in [6, 6.07) is 13.0. The first-order valence-electron chi connectivity index (χ1n) is 10.8. The van der Waals surface area contributed by atoms with Crippen molar-refractivity contribution in [3.05, 3.63) is 85.7 Å². The minimum Gasteiger partial charge on any atom is -0.411 e. The van der Waals surface area contributed by atoms with Crippen LogP contribution in [0.25, 0.3) is 10.2 Å². The van der Waals surface area contributed by atoms with Gasteiger partial charge in [0, 0.05) is 29.6 Å². The predicted molar refractivity (Wildman–Crippen MR) is 140 cm³/mol. The van der Waals surface area contributed by atoms with Crippen molar-refractivity contribution in [3.8, 4) is 0 Å². The highest BCUT2D eigenvalue weighted by Crippen LogP contribution is 2.27. The number of fused-ring (bicyclic) bond motifs is 2. The highest BCUT2D eigenvalue weighted by Gasteiger charge is 2.28. The number of pyridine rings is 1. The van der Waals surface area contributed by atoms with Gasteiger partial charge in [0.25, 0.3) is 11.5 Å². The fourth-order valence-electron chi connectivity index (χ4n) is 4.06. The fraction of sp³-hybridized carbons (Fsp3) is 0.250. The molecule has 4 aromatic rings. The van der Waals surface area contributed by atoms with Gasteiger partial charge in [0.05, 0.1) is 28.7 Å². The number of nitrogens with one attached hydrogen (secondary N) is 1. The van der Waals surface area contributed by atoms with Crippen LogP contribution < -0.4 is 15.7 Å². The molecule has 0 unspecified atom stereocenters. The van der Waals surface area contributed by atoms with Gasteiger partial charge in [-0.2, -0.15) is 0 Å². The van der Waals surface area contributed by atoms with Gasteiger partial charge in [-0.1, -0.05) is 29.8 Å². The molecule has 1 aliphatic rings. The Hall–Kier alpha value is -3.14. The van der Waals surface area contributed by atoms with Gasteiger partial charge in [0.2, 0.25) is 5.95 Å². The first-order valence-corrected chi connectivity index (χ1v) is 12.0. The summed E-state index contributed by atoms with van der Waals surface area (Å²) in [6.45, 7) is 2.62. The Morgan fingerprint density at radius 1 is 1.26 bits per heavy atom. The normalized spacial score (nSPS) is 13.6. The van der Waals surface area contributed by atoms with E-state index in [4.69, 9.17) is 16.4 Å². The smallest absolute Gasteiger partial charge is 0.293 e. The summed E-state index contributed by atoms with van der Waals surface area (Å²) in [7, 11) is 1.42. The molecule has 182 valence electrons. The van der Waals surface area contributed by atoms with E-state index in [1.54, 1.807) is 11.1 Å². The van der Waals surface area contributed by atoms with Crippen molar-refractivity contribution < 1.29 is 9.63 Å². The lowest BCUT2D eigenvalue weighted by atomic mass is 10.1. The second-order valence-corrected chi connectivity index (χ2v) is 9.51. The van der Waals surface area contributed by atoms with E-state index in [0.29, 0.717) is 40.1 Å². The Morgan fingerprint density at radius 3 is 2.74 bits per heavy atom. The molecule has 5 rings (SSSR count). The monoisotopic (exact) mass is 531 g/mol. The van der Waals surface area contributed by atoms with Gasteiger partial charge in [-0.15, -0.1) is 28.5 Å². The van der Waals surface area contributed by atoms with Gasteiger partial charge >= 0.3 is 0 Å². The third-order valence-corrected chi connectivity index (χ3v) is 7.18. The van der Waals surface area contributed by atoms with Crippen LogP contribution in [0.3, 0.4) is 0 Å². The second-order valence-electron chi connectivity index (χ2n) is 8.05. The summed E-state index contributed by atoms with van der Waals surface area (Å²) in [5.41, 5.74) is 1.80. The summed E-state index contributed by atoms with van der Waals surface area (Å²) in [4.78, 5) is 43.9. The van der Waals surface area contributed by atoms with Gasteiger partial charge in [-0.3, -0.25) is 9.59 Å². The Bertz CT molecular complexity index is 1400. The average Bonchev–Trinajstić information content (AvgIpc) is 3.28. The molecule has 0 spiro atoms. The Balaban J connectivity index is 0.00000289. The van der Waals surface area contributed by atoms with Crippen molar-refractivity contribution >= 4 is 57.4 Å². The predicted octanol–water partition coefficient (Wildman–Crippen LogP) is 4.36. The van der Waals surface area contributed by atoms with Crippen LogP contribution in [-0.2, 0) is 13.0 Å². The summed E-state index contributed by atoms with van der Waals surface area (Å²) in [5, 5.41) is 4.85.